The Morgan fingerprint density at radius 2 is 2.05 bits per heavy atom. The molecule has 1 aromatic heterocycles. The van der Waals surface area contributed by atoms with Gasteiger partial charge in [-0.25, -0.2) is 4.79 Å². The predicted molar refractivity (Wildman–Crippen MR) is 80.2 cm³/mol. The average molecular weight is 295 g/mol. The minimum Gasteiger partial charge on any atom is -0.465 e. The van der Waals surface area contributed by atoms with E-state index in [1.807, 2.05) is 12.3 Å². The number of hydrogen-bond acceptors (Lipinski definition) is 4. The SMILES string of the molecule is CCC1(C(=O)Nc2c(C)csc2C(=O)OC)CCCC1. The highest BCUT2D eigenvalue weighted by Crippen LogP contribution is 2.42. The summed E-state index contributed by atoms with van der Waals surface area (Å²) < 4.78 is 4.77. The number of thiophene rings is 1. The smallest absolute Gasteiger partial charge is 0.350 e. The first-order chi connectivity index (χ1) is 9.54. The molecule has 5 heteroatoms. The minimum absolute atomic E-state index is 0.0455. The van der Waals surface area contributed by atoms with E-state index in [1.165, 1.54) is 18.4 Å². The predicted octanol–water partition coefficient (Wildman–Crippen LogP) is 3.75. The van der Waals surface area contributed by atoms with Gasteiger partial charge < -0.3 is 10.1 Å². The van der Waals surface area contributed by atoms with Gasteiger partial charge in [0.2, 0.25) is 5.91 Å². The molecular weight excluding hydrogens is 274 g/mol. The maximum absolute atomic E-state index is 12.6. The monoisotopic (exact) mass is 295 g/mol. The van der Waals surface area contributed by atoms with Crippen molar-refractivity contribution in [2.24, 2.45) is 5.41 Å². The Bertz CT molecular complexity index is 515. The third kappa shape index (κ3) is 2.59. The standard InChI is InChI=1S/C15H21NO3S/c1-4-15(7-5-6-8-15)14(18)16-11-10(2)9-20-12(11)13(17)19-3/h9H,4-8H2,1-3H3,(H,16,18). The van der Waals surface area contributed by atoms with Crippen LogP contribution in [-0.4, -0.2) is 19.0 Å². The summed E-state index contributed by atoms with van der Waals surface area (Å²) in [7, 11) is 1.35. The van der Waals surface area contributed by atoms with Gasteiger partial charge in [0.25, 0.3) is 0 Å². The van der Waals surface area contributed by atoms with Crippen molar-refractivity contribution in [2.75, 3.05) is 12.4 Å². The summed E-state index contributed by atoms with van der Waals surface area (Å²) >= 11 is 1.31. The number of ether oxygens (including phenoxy) is 1. The molecule has 1 N–H and O–H groups in total. The van der Waals surface area contributed by atoms with Crippen LogP contribution in [0.15, 0.2) is 5.38 Å². The van der Waals surface area contributed by atoms with Crippen LogP contribution in [0.3, 0.4) is 0 Å². The Hall–Kier alpha value is -1.36. The van der Waals surface area contributed by atoms with Crippen LogP contribution < -0.4 is 5.32 Å². The van der Waals surface area contributed by atoms with Gasteiger partial charge in [0.1, 0.15) is 4.88 Å². The molecule has 1 fully saturated rings. The normalized spacial score (nSPS) is 16.9. The number of methoxy groups -OCH3 is 1. The molecule has 1 aliphatic rings. The van der Waals surface area contributed by atoms with Crippen LogP contribution in [0.5, 0.6) is 0 Å². The zero-order valence-electron chi connectivity index (χ0n) is 12.2. The average Bonchev–Trinajstić information content (AvgIpc) is 3.07. The fourth-order valence-electron chi connectivity index (χ4n) is 2.88. The number of amides is 1. The maximum atomic E-state index is 12.6. The molecule has 0 aromatic carbocycles. The van der Waals surface area contributed by atoms with Crippen molar-refractivity contribution in [3.05, 3.63) is 15.8 Å². The number of carbonyl (C=O) groups excluding carboxylic acids is 2. The molecule has 20 heavy (non-hydrogen) atoms. The van der Waals surface area contributed by atoms with Gasteiger partial charge in [-0.1, -0.05) is 19.8 Å². The van der Waals surface area contributed by atoms with E-state index in [9.17, 15) is 9.59 Å². The molecule has 2 rings (SSSR count). The molecule has 1 heterocycles. The second-order valence-corrected chi connectivity index (χ2v) is 6.29. The van der Waals surface area contributed by atoms with Crippen molar-refractivity contribution in [3.63, 3.8) is 0 Å². The number of carbonyl (C=O) groups is 2. The van der Waals surface area contributed by atoms with E-state index in [2.05, 4.69) is 12.2 Å². The second kappa shape index (κ2) is 5.95. The molecule has 0 saturated heterocycles. The van der Waals surface area contributed by atoms with Gasteiger partial charge in [-0.3, -0.25) is 4.79 Å². The fraction of sp³-hybridized carbons (Fsp3) is 0.600. The van der Waals surface area contributed by atoms with E-state index in [-0.39, 0.29) is 11.3 Å². The molecule has 1 amide bonds. The lowest BCUT2D eigenvalue weighted by molar-refractivity contribution is -0.125. The summed E-state index contributed by atoms with van der Waals surface area (Å²) in [6, 6.07) is 0. The van der Waals surface area contributed by atoms with Crippen LogP contribution in [0.2, 0.25) is 0 Å². The summed E-state index contributed by atoms with van der Waals surface area (Å²) in [5.74, 6) is -0.348. The summed E-state index contributed by atoms with van der Waals surface area (Å²) in [5.41, 5.74) is 1.27. The van der Waals surface area contributed by atoms with Gasteiger partial charge in [-0.15, -0.1) is 11.3 Å². The number of aryl methyl sites for hydroxylation is 1. The van der Waals surface area contributed by atoms with E-state index in [4.69, 9.17) is 4.74 Å². The zero-order chi connectivity index (χ0) is 14.8. The van der Waals surface area contributed by atoms with E-state index in [1.54, 1.807) is 0 Å². The Kier molecular flexibility index (Phi) is 4.48. The van der Waals surface area contributed by atoms with E-state index < -0.39 is 5.97 Å². The van der Waals surface area contributed by atoms with Gasteiger partial charge in [-0.05, 0) is 37.1 Å². The number of hydrogen-bond donors (Lipinski definition) is 1. The lowest BCUT2D eigenvalue weighted by Gasteiger charge is -2.26. The fourth-order valence-corrected chi connectivity index (χ4v) is 3.80. The third-order valence-electron chi connectivity index (χ3n) is 4.30. The molecule has 0 unspecified atom stereocenters. The van der Waals surface area contributed by atoms with E-state index >= 15 is 0 Å². The van der Waals surface area contributed by atoms with Gasteiger partial charge >= 0.3 is 5.97 Å². The molecule has 0 atom stereocenters. The van der Waals surface area contributed by atoms with Crippen LogP contribution in [0.1, 0.15) is 54.3 Å². The Balaban J connectivity index is 2.23. The topological polar surface area (TPSA) is 55.4 Å². The van der Waals surface area contributed by atoms with Crippen molar-refractivity contribution in [1.29, 1.82) is 0 Å². The Morgan fingerprint density at radius 1 is 1.40 bits per heavy atom. The first-order valence-corrected chi connectivity index (χ1v) is 7.90. The molecule has 4 nitrogen and oxygen atoms in total. The zero-order valence-corrected chi connectivity index (χ0v) is 13.1. The summed E-state index contributed by atoms with van der Waals surface area (Å²) in [6.45, 7) is 3.96. The van der Waals surface area contributed by atoms with Gasteiger partial charge in [0, 0.05) is 5.41 Å². The highest BCUT2D eigenvalue weighted by atomic mass is 32.1. The first-order valence-electron chi connectivity index (χ1n) is 7.02. The lowest BCUT2D eigenvalue weighted by Crippen LogP contribution is -2.33. The first kappa shape index (κ1) is 15.0. The molecule has 0 bridgehead atoms. The molecule has 1 saturated carbocycles. The van der Waals surface area contributed by atoms with Gasteiger partial charge in [-0.2, -0.15) is 0 Å². The maximum Gasteiger partial charge on any atom is 0.350 e. The quantitative estimate of drug-likeness (QED) is 0.861. The van der Waals surface area contributed by atoms with Crippen molar-refractivity contribution in [2.45, 2.75) is 46.0 Å². The summed E-state index contributed by atoms with van der Waals surface area (Å²) in [4.78, 5) is 24.8. The van der Waals surface area contributed by atoms with E-state index in [0.29, 0.717) is 10.6 Å². The van der Waals surface area contributed by atoms with Crippen molar-refractivity contribution in [3.8, 4) is 0 Å². The minimum atomic E-state index is -0.393. The van der Waals surface area contributed by atoms with Gasteiger partial charge in [0.15, 0.2) is 0 Å². The highest BCUT2D eigenvalue weighted by Gasteiger charge is 2.39. The molecule has 0 radical (unpaired) electrons. The summed E-state index contributed by atoms with van der Waals surface area (Å²) in [6.07, 6.45) is 4.93. The Morgan fingerprint density at radius 3 is 2.60 bits per heavy atom. The largest absolute Gasteiger partial charge is 0.465 e. The molecule has 0 spiro atoms. The van der Waals surface area contributed by atoms with Gasteiger partial charge in [0.05, 0.1) is 12.8 Å². The van der Waals surface area contributed by atoms with Crippen LogP contribution in [0.4, 0.5) is 5.69 Å². The van der Waals surface area contributed by atoms with Crippen LogP contribution in [0.25, 0.3) is 0 Å². The second-order valence-electron chi connectivity index (χ2n) is 5.41. The number of nitrogens with one attached hydrogen (secondary N) is 1. The third-order valence-corrected chi connectivity index (χ3v) is 5.38. The van der Waals surface area contributed by atoms with Crippen molar-refractivity contribution >= 4 is 28.9 Å². The molecule has 1 aromatic rings. The van der Waals surface area contributed by atoms with Crippen molar-refractivity contribution < 1.29 is 14.3 Å². The summed E-state index contributed by atoms with van der Waals surface area (Å²) in [5, 5.41) is 4.85. The number of anilines is 1. The number of esters is 1. The lowest BCUT2D eigenvalue weighted by atomic mass is 9.82. The molecule has 0 aliphatic heterocycles. The van der Waals surface area contributed by atoms with Crippen molar-refractivity contribution in [1.82, 2.24) is 0 Å². The van der Waals surface area contributed by atoms with E-state index in [0.717, 1.165) is 37.7 Å². The number of rotatable bonds is 4. The Labute approximate surface area is 123 Å². The van der Waals surface area contributed by atoms with Crippen LogP contribution in [0, 0.1) is 12.3 Å². The molecular formula is C15H21NO3S. The highest BCUT2D eigenvalue weighted by molar-refractivity contribution is 7.12. The molecule has 1 aliphatic carbocycles. The van der Waals surface area contributed by atoms with Crippen LogP contribution in [-0.2, 0) is 9.53 Å². The van der Waals surface area contributed by atoms with Crippen LogP contribution >= 0.6 is 11.3 Å². The molecule has 110 valence electrons.